The lowest BCUT2D eigenvalue weighted by Crippen LogP contribution is -2.33. The van der Waals surface area contributed by atoms with Gasteiger partial charge in [0, 0.05) is 25.9 Å². The average Bonchev–Trinajstić information content (AvgIpc) is 2.99. The van der Waals surface area contributed by atoms with Gasteiger partial charge in [0.2, 0.25) is 11.8 Å². The Hall–Kier alpha value is -2.08. The van der Waals surface area contributed by atoms with E-state index >= 15 is 0 Å². The predicted molar refractivity (Wildman–Crippen MR) is 95.4 cm³/mol. The van der Waals surface area contributed by atoms with Gasteiger partial charge in [0.25, 0.3) is 0 Å². The Bertz CT molecular complexity index is 635. The van der Waals surface area contributed by atoms with Crippen LogP contribution >= 0.6 is 11.6 Å². The molecule has 1 N–H and O–H groups in total. The molecule has 1 aliphatic rings. The molecule has 0 saturated carbocycles. The highest BCUT2D eigenvalue weighted by molar-refractivity contribution is 6.33. The van der Waals surface area contributed by atoms with Crippen molar-refractivity contribution in [2.24, 2.45) is 5.92 Å². The normalized spacial score (nSPS) is 16.8. The Balaban J connectivity index is 1.74. The summed E-state index contributed by atoms with van der Waals surface area (Å²) in [7, 11) is 1.37. The minimum Gasteiger partial charge on any atom is -0.469 e. The summed E-state index contributed by atoms with van der Waals surface area (Å²) in [5.74, 6) is -0.783. The molecule has 136 valence electrons. The molecule has 7 heteroatoms. The van der Waals surface area contributed by atoms with E-state index in [1.165, 1.54) is 7.11 Å². The molecule has 2 rings (SSSR count). The van der Waals surface area contributed by atoms with E-state index in [0.29, 0.717) is 30.2 Å². The van der Waals surface area contributed by atoms with Gasteiger partial charge in [0.15, 0.2) is 0 Å². The van der Waals surface area contributed by atoms with E-state index < -0.39 is 0 Å². The zero-order chi connectivity index (χ0) is 18.2. The minimum absolute atomic E-state index is 0.0914. The lowest BCUT2D eigenvalue weighted by Gasteiger charge is -2.18. The van der Waals surface area contributed by atoms with Gasteiger partial charge in [-0.2, -0.15) is 0 Å². The molecule has 1 aromatic carbocycles. The number of ether oxygens (including phenoxy) is 1. The van der Waals surface area contributed by atoms with Crippen molar-refractivity contribution in [3.63, 3.8) is 0 Å². The average molecular weight is 367 g/mol. The van der Waals surface area contributed by atoms with Crippen molar-refractivity contribution in [2.45, 2.75) is 32.1 Å². The van der Waals surface area contributed by atoms with E-state index in [0.717, 1.165) is 19.3 Å². The van der Waals surface area contributed by atoms with Crippen LogP contribution in [0.1, 0.15) is 32.1 Å². The molecule has 1 unspecified atom stereocenters. The number of hydrogen-bond donors (Lipinski definition) is 1. The molecule has 25 heavy (non-hydrogen) atoms. The molecule has 0 aromatic heterocycles. The zero-order valence-electron chi connectivity index (χ0n) is 14.3. The maximum atomic E-state index is 12.2. The highest BCUT2D eigenvalue weighted by Gasteiger charge is 2.35. The maximum Gasteiger partial charge on any atom is 0.305 e. The number of hydrogen-bond acceptors (Lipinski definition) is 4. The largest absolute Gasteiger partial charge is 0.469 e. The Morgan fingerprint density at radius 2 is 2.04 bits per heavy atom. The van der Waals surface area contributed by atoms with Crippen molar-refractivity contribution in [3.8, 4) is 0 Å². The third-order valence-electron chi connectivity index (χ3n) is 4.22. The fraction of sp³-hybridized carbons (Fsp3) is 0.500. The van der Waals surface area contributed by atoms with E-state index in [-0.39, 0.29) is 30.1 Å². The van der Waals surface area contributed by atoms with E-state index in [9.17, 15) is 14.4 Å². The smallest absolute Gasteiger partial charge is 0.305 e. The Kier molecular flexibility index (Phi) is 7.25. The second kappa shape index (κ2) is 9.42. The molecule has 1 atom stereocenters. The van der Waals surface area contributed by atoms with Crippen LogP contribution < -0.4 is 10.2 Å². The zero-order valence-corrected chi connectivity index (χ0v) is 15.1. The molecule has 6 nitrogen and oxygen atoms in total. The van der Waals surface area contributed by atoms with Crippen LogP contribution in [0.3, 0.4) is 0 Å². The SMILES string of the molecule is COC(=O)CCCCCNC(=O)C1CC(=O)N(c2ccccc2Cl)C1. The lowest BCUT2D eigenvalue weighted by molar-refractivity contribution is -0.140. The van der Waals surface area contributed by atoms with Crippen LogP contribution in [0.4, 0.5) is 5.69 Å². The Morgan fingerprint density at radius 3 is 2.76 bits per heavy atom. The summed E-state index contributed by atoms with van der Waals surface area (Å²) < 4.78 is 4.57. The number of amides is 2. The fourth-order valence-electron chi connectivity index (χ4n) is 2.82. The van der Waals surface area contributed by atoms with Crippen LogP contribution in [-0.2, 0) is 19.1 Å². The van der Waals surface area contributed by atoms with Crippen LogP contribution in [-0.4, -0.2) is 38.0 Å². The number of esters is 1. The molecule has 0 radical (unpaired) electrons. The first kappa shape index (κ1) is 19.2. The van der Waals surface area contributed by atoms with Crippen LogP contribution in [0.2, 0.25) is 5.02 Å². The number of anilines is 1. The van der Waals surface area contributed by atoms with Crippen LogP contribution in [0.15, 0.2) is 24.3 Å². The Morgan fingerprint density at radius 1 is 1.28 bits per heavy atom. The third kappa shape index (κ3) is 5.46. The van der Waals surface area contributed by atoms with Crippen molar-refractivity contribution in [2.75, 3.05) is 25.1 Å². The quantitative estimate of drug-likeness (QED) is 0.566. The van der Waals surface area contributed by atoms with Crippen LogP contribution in [0.25, 0.3) is 0 Å². The van der Waals surface area contributed by atoms with Gasteiger partial charge in [0.05, 0.1) is 23.7 Å². The van der Waals surface area contributed by atoms with Gasteiger partial charge >= 0.3 is 5.97 Å². The summed E-state index contributed by atoms with van der Waals surface area (Å²) in [5, 5.41) is 3.37. The first-order valence-electron chi connectivity index (χ1n) is 8.42. The van der Waals surface area contributed by atoms with E-state index in [4.69, 9.17) is 11.6 Å². The number of carbonyl (C=O) groups is 3. The topological polar surface area (TPSA) is 75.7 Å². The molecule has 1 aliphatic heterocycles. The number of carbonyl (C=O) groups excluding carboxylic acids is 3. The van der Waals surface area contributed by atoms with Crippen molar-refractivity contribution < 1.29 is 19.1 Å². The first-order chi connectivity index (χ1) is 12.0. The number of methoxy groups -OCH3 is 1. The van der Waals surface area contributed by atoms with E-state index in [2.05, 4.69) is 10.1 Å². The van der Waals surface area contributed by atoms with Crippen molar-refractivity contribution in [1.82, 2.24) is 5.32 Å². The highest BCUT2D eigenvalue weighted by Crippen LogP contribution is 2.30. The number of para-hydroxylation sites is 1. The number of nitrogens with zero attached hydrogens (tertiary/aromatic N) is 1. The standard InChI is InChI=1S/C18H23ClN2O4/c1-25-17(23)9-3-2-6-10-20-18(24)13-11-16(22)21(12-13)15-8-5-4-7-14(15)19/h4-5,7-8,13H,2-3,6,9-12H2,1H3,(H,20,24). The molecule has 1 fully saturated rings. The van der Waals surface area contributed by atoms with Gasteiger partial charge in [-0.05, 0) is 25.0 Å². The Labute approximate surface area is 152 Å². The van der Waals surface area contributed by atoms with E-state index in [1.807, 2.05) is 6.07 Å². The molecule has 1 heterocycles. The van der Waals surface area contributed by atoms with Crippen molar-refractivity contribution in [3.05, 3.63) is 29.3 Å². The third-order valence-corrected chi connectivity index (χ3v) is 4.54. The number of halogens is 1. The lowest BCUT2D eigenvalue weighted by atomic mass is 10.1. The summed E-state index contributed by atoms with van der Waals surface area (Å²) in [6.07, 6.45) is 2.96. The molecular weight excluding hydrogens is 344 g/mol. The van der Waals surface area contributed by atoms with Crippen molar-refractivity contribution >= 4 is 35.1 Å². The van der Waals surface area contributed by atoms with Crippen LogP contribution in [0.5, 0.6) is 0 Å². The summed E-state index contributed by atoms with van der Waals surface area (Å²) in [4.78, 5) is 37.0. The summed E-state index contributed by atoms with van der Waals surface area (Å²) in [6.45, 7) is 0.882. The number of benzene rings is 1. The number of unbranched alkanes of at least 4 members (excludes halogenated alkanes) is 2. The van der Waals surface area contributed by atoms with Gasteiger partial charge in [0.1, 0.15) is 0 Å². The van der Waals surface area contributed by atoms with Gasteiger partial charge < -0.3 is 15.0 Å². The highest BCUT2D eigenvalue weighted by atomic mass is 35.5. The molecular formula is C18H23ClN2O4. The molecule has 1 aromatic rings. The van der Waals surface area contributed by atoms with Crippen molar-refractivity contribution in [1.29, 1.82) is 0 Å². The minimum atomic E-state index is -0.362. The number of nitrogens with one attached hydrogen (secondary N) is 1. The molecule has 2 amide bonds. The molecule has 0 aliphatic carbocycles. The summed E-state index contributed by atoms with van der Waals surface area (Å²) in [5.41, 5.74) is 0.646. The second-order valence-corrected chi connectivity index (χ2v) is 6.44. The monoisotopic (exact) mass is 366 g/mol. The van der Waals surface area contributed by atoms with Crippen LogP contribution in [0, 0.1) is 5.92 Å². The maximum absolute atomic E-state index is 12.2. The molecule has 0 bridgehead atoms. The molecule has 1 saturated heterocycles. The van der Waals surface area contributed by atoms with Gasteiger partial charge in [-0.1, -0.05) is 30.2 Å². The second-order valence-electron chi connectivity index (χ2n) is 6.03. The summed E-state index contributed by atoms with van der Waals surface area (Å²) >= 11 is 6.13. The van der Waals surface area contributed by atoms with Gasteiger partial charge in [-0.3, -0.25) is 14.4 Å². The summed E-state index contributed by atoms with van der Waals surface area (Å²) in [6, 6.07) is 7.13. The number of rotatable bonds is 8. The predicted octanol–water partition coefficient (Wildman–Crippen LogP) is 2.54. The van der Waals surface area contributed by atoms with Gasteiger partial charge in [-0.25, -0.2) is 0 Å². The van der Waals surface area contributed by atoms with Gasteiger partial charge in [-0.15, -0.1) is 0 Å². The first-order valence-corrected chi connectivity index (χ1v) is 8.80. The van der Waals surface area contributed by atoms with E-state index in [1.54, 1.807) is 23.1 Å². The fourth-order valence-corrected chi connectivity index (χ4v) is 3.05. The molecule has 0 spiro atoms.